The van der Waals surface area contributed by atoms with E-state index in [-0.39, 0.29) is 28.7 Å². The molecular weight excluding hydrogens is 380 g/mol. The second-order valence-corrected chi connectivity index (χ2v) is 8.25. The summed E-state index contributed by atoms with van der Waals surface area (Å²) in [5, 5.41) is 3.72. The van der Waals surface area contributed by atoms with Crippen molar-refractivity contribution in [1.82, 2.24) is 4.90 Å². The molecule has 3 aromatic rings. The van der Waals surface area contributed by atoms with Crippen LogP contribution >= 0.6 is 0 Å². The third-order valence-electron chi connectivity index (χ3n) is 6.47. The van der Waals surface area contributed by atoms with Crippen molar-refractivity contribution in [3.05, 3.63) is 76.6 Å². The highest BCUT2D eigenvalue weighted by molar-refractivity contribution is 5.97. The molecule has 0 bridgehead atoms. The van der Waals surface area contributed by atoms with Gasteiger partial charge in [0, 0.05) is 30.1 Å². The first kappa shape index (κ1) is 18.6. The van der Waals surface area contributed by atoms with Gasteiger partial charge in [0.25, 0.3) is 5.91 Å². The number of benzene rings is 2. The van der Waals surface area contributed by atoms with Gasteiger partial charge in [-0.05, 0) is 48.9 Å². The van der Waals surface area contributed by atoms with E-state index < -0.39 is 5.63 Å². The van der Waals surface area contributed by atoms with Gasteiger partial charge in [-0.25, -0.2) is 4.79 Å². The van der Waals surface area contributed by atoms with Crippen LogP contribution in [0, 0.1) is 11.3 Å². The fourth-order valence-corrected chi connectivity index (χ4v) is 4.56. The van der Waals surface area contributed by atoms with Gasteiger partial charge in [0.2, 0.25) is 5.91 Å². The monoisotopic (exact) mass is 402 g/mol. The van der Waals surface area contributed by atoms with E-state index in [0.717, 1.165) is 30.3 Å². The number of hydrogen-bond donors (Lipinski definition) is 1. The van der Waals surface area contributed by atoms with Gasteiger partial charge in [0.05, 0.1) is 0 Å². The molecule has 0 radical (unpaired) electrons. The van der Waals surface area contributed by atoms with Gasteiger partial charge in [-0.3, -0.25) is 9.59 Å². The summed E-state index contributed by atoms with van der Waals surface area (Å²) in [7, 11) is 0. The Labute approximate surface area is 173 Å². The average molecular weight is 402 g/mol. The van der Waals surface area contributed by atoms with Crippen LogP contribution in [0.25, 0.3) is 11.0 Å². The first-order valence-corrected chi connectivity index (χ1v) is 10.2. The Morgan fingerprint density at radius 1 is 1.00 bits per heavy atom. The normalized spacial score (nSPS) is 19.6. The summed E-state index contributed by atoms with van der Waals surface area (Å²) in [5.41, 5.74) is 0.718. The predicted octanol–water partition coefficient (Wildman–Crippen LogP) is 3.67. The van der Waals surface area contributed by atoms with E-state index in [1.54, 1.807) is 23.1 Å². The second-order valence-electron chi connectivity index (χ2n) is 8.25. The molecule has 152 valence electrons. The van der Waals surface area contributed by atoms with Gasteiger partial charge in [-0.2, -0.15) is 0 Å². The molecular formula is C24H22N2O4. The summed E-state index contributed by atoms with van der Waals surface area (Å²) in [6.45, 7) is 1.08. The summed E-state index contributed by atoms with van der Waals surface area (Å²) in [5.74, 6) is -0.257. The van der Waals surface area contributed by atoms with Crippen molar-refractivity contribution < 1.29 is 14.0 Å². The zero-order valence-electron chi connectivity index (χ0n) is 16.5. The quantitative estimate of drug-likeness (QED) is 0.678. The highest BCUT2D eigenvalue weighted by Gasteiger charge is 2.58. The zero-order chi connectivity index (χ0) is 20.7. The molecule has 1 aliphatic heterocycles. The van der Waals surface area contributed by atoms with Crippen LogP contribution in [-0.4, -0.2) is 29.8 Å². The van der Waals surface area contributed by atoms with Crippen LogP contribution in [0.5, 0.6) is 0 Å². The number of carbonyl (C=O) groups is 2. The molecule has 0 unspecified atom stereocenters. The Bertz CT molecular complexity index is 1180. The van der Waals surface area contributed by atoms with Crippen molar-refractivity contribution in [2.45, 2.75) is 19.3 Å². The number of fused-ring (bicyclic) bond motifs is 1. The number of carbonyl (C=O) groups excluding carboxylic acids is 2. The number of nitrogens with one attached hydrogen (secondary N) is 1. The van der Waals surface area contributed by atoms with E-state index in [4.69, 9.17) is 4.42 Å². The Morgan fingerprint density at radius 3 is 2.47 bits per heavy atom. The SMILES string of the molecule is O=C(Nc1ccccc1)[C@@H]1CC12CCN(C(=O)c1cc3ccccc3oc1=O)CC2. The highest BCUT2D eigenvalue weighted by Crippen LogP contribution is 2.59. The molecule has 1 spiro atoms. The van der Waals surface area contributed by atoms with E-state index in [1.165, 1.54) is 0 Å². The van der Waals surface area contributed by atoms with Crippen LogP contribution in [0.4, 0.5) is 5.69 Å². The topological polar surface area (TPSA) is 79.6 Å². The number of piperidine rings is 1. The number of hydrogen-bond acceptors (Lipinski definition) is 4. The maximum Gasteiger partial charge on any atom is 0.349 e. The average Bonchev–Trinajstić information content (AvgIpc) is 3.47. The van der Waals surface area contributed by atoms with Gasteiger partial charge in [0.15, 0.2) is 0 Å². The fourth-order valence-electron chi connectivity index (χ4n) is 4.56. The Hall–Kier alpha value is -3.41. The molecule has 1 saturated heterocycles. The van der Waals surface area contributed by atoms with Crippen molar-refractivity contribution in [3.8, 4) is 0 Å². The Kier molecular flexibility index (Phi) is 4.42. The maximum absolute atomic E-state index is 12.9. The Balaban J connectivity index is 1.24. The minimum Gasteiger partial charge on any atom is -0.422 e. The second kappa shape index (κ2) is 7.13. The smallest absolute Gasteiger partial charge is 0.349 e. The standard InChI is InChI=1S/C24H22N2O4/c27-21(25-17-7-2-1-3-8-17)19-15-24(19)10-12-26(13-11-24)22(28)18-14-16-6-4-5-9-20(16)30-23(18)29/h1-9,14,19H,10-13,15H2,(H,25,27)/t19-/m0/s1. The Morgan fingerprint density at radius 2 is 1.70 bits per heavy atom. The van der Waals surface area contributed by atoms with Gasteiger partial charge in [0.1, 0.15) is 11.1 Å². The van der Waals surface area contributed by atoms with Gasteiger partial charge in [-0.15, -0.1) is 0 Å². The van der Waals surface area contributed by atoms with Crippen molar-refractivity contribution in [3.63, 3.8) is 0 Å². The molecule has 2 aliphatic rings. The third-order valence-corrected chi connectivity index (χ3v) is 6.47. The molecule has 1 saturated carbocycles. The molecule has 1 aliphatic carbocycles. The van der Waals surface area contributed by atoms with Crippen molar-refractivity contribution in [2.24, 2.45) is 11.3 Å². The van der Waals surface area contributed by atoms with E-state index in [1.807, 2.05) is 42.5 Å². The maximum atomic E-state index is 12.9. The molecule has 2 fully saturated rings. The number of nitrogens with zero attached hydrogens (tertiary/aromatic N) is 1. The van der Waals surface area contributed by atoms with Crippen molar-refractivity contribution in [1.29, 1.82) is 0 Å². The van der Waals surface area contributed by atoms with Gasteiger partial charge < -0.3 is 14.6 Å². The summed E-state index contributed by atoms with van der Waals surface area (Å²) in [4.78, 5) is 39.6. The molecule has 6 nitrogen and oxygen atoms in total. The molecule has 6 heteroatoms. The van der Waals surface area contributed by atoms with Crippen LogP contribution in [-0.2, 0) is 4.79 Å². The lowest BCUT2D eigenvalue weighted by atomic mass is 9.90. The number of para-hydroxylation sites is 2. The number of anilines is 1. The third kappa shape index (κ3) is 3.28. The van der Waals surface area contributed by atoms with Crippen LogP contribution in [0.3, 0.4) is 0 Å². The molecule has 2 aromatic carbocycles. The fraction of sp³-hybridized carbons (Fsp3) is 0.292. The number of rotatable bonds is 3. The van der Waals surface area contributed by atoms with Crippen LogP contribution < -0.4 is 10.9 Å². The molecule has 2 amide bonds. The molecule has 1 aromatic heterocycles. The molecule has 1 atom stereocenters. The molecule has 30 heavy (non-hydrogen) atoms. The van der Waals surface area contributed by atoms with Crippen LogP contribution in [0.1, 0.15) is 29.6 Å². The number of likely N-dealkylation sites (tertiary alicyclic amines) is 1. The van der Waals surface area contributed by atoms with Gasteiger partial charge in [-0.1, -0.05) is 36.4 Å². The first-order chi connectivity index (χ1) is 14.6. The first-order valence-electron chi connectivity index (χ1n) is 10.2. The molecule has 1 N–H and O–H groups in total. The minimum absolute atomic E-state index is 0.0132. The lowest BCUT2D eigenvalue weighted by Gasteiger charge is -2.32. The predicted molar refractivity (Wildman–Crippen MR) is 113 cm³/mol. The van der Waals surface area contributed by atoms with E-state index in [9.17, 15) is 14.4 Å². The van der Waals surface area contributed by atoms with Crippen LogP contribution in [0.15, 0.2) is 69.9 Å². The summed E-state index contributed by atoms with van der Waals surface area (Å²) >= 11 is 0. The van der Waals surface area contributed by atoms with Crippen LogP contribution in [0.2, 0.25) is 0 Å². The summed E-state index contributed by atoms with van der Waals surface area (Å²) < 4.78 is 5.31. The lowest BCUT2D eigenvalue weighted by molar-refractivity contribution is -0.118. The van der Waals surface area contributed by atoms with Crippen molar-refractivity contribution in [2.75, 3.05) is 18.4 Å². The van der Waals surface area contributed by atoms with E-state index >= 15 is 0 Å². The zero-order valence-corrected chi connectivity index (χ0v) is 16.5. The minimum atomic E-state index is -0.606. The largest absolute Gasteiger partial charge is 0.422 e. The van der Waals surface area contributed by atoms with E-state index in [0.29, 0.717) is 18.7 Å². The lowest BCUT2D eigenvalue weighted by Crippen LogP contribution is -2.41. The number of amides is 2. The van der Waals surface area contributed by atoms with Gasteiger partial charge >= 0.3 is 5.63 Å². The molecule has 5 rings (SSSR count). The van der Waals surface area contributed by atoms with Crippen molar-refractivity contribution >= 4 is 28.5 Å². The highest BCUT2D eigenvalue weighted by atomic mass is 16.4. The molecule has 2 heterocycles. The summed E-state index contributed by atoms with van der Waals surface area (Å²) in [6.07, 6.45) is 2.39. The van der Waals surface area contributed by atoms with E-state index in [2.05, 4.69) is 5.32 Å². The summed E-state index contributed by atoms with van der Waals surface area (Å²) in [6, 6.07) is 18.2.